The molecule has 20 heavy (non-hydrogen) atoms. The zero-order valence-corrected chi connectivity index (χ0v) is 13.0. The highest BCUT2D eigenvalue weighted by molar-refractivity contribution is 9.10. The van der Waals surface area contributed by atoms with Crippen molar-refractivity contribution in [3.63, 3.8) is 0 Å². The van der Waals surface area contributed by atoms with E-state index in [1.54, 1.807) is 13.2 Å². The lowest BCUT2D eigenvalue weighted by Crippen LogP contribution is -2.03. The summed E-state index contributed by atoms with van der Waals surface area (Å²) in [6, 6.07) is 13.8. The van der Waals surface area contributed by atoms with E-state index in [4.69, 9.17) is 10.00 Å². The van der Waals surface area contributed by atoms with Gasteiger partial charge >= 0.3 is 0 Å². The van der Waals surface area contributed by atoms with Crippen LogP contribution in [0.25, 0.3) is 0 Å². The van der Waals surface area contributed by atoms with E-state index < -0.39 is 0 Å². The third kappa shape index (κ3) is 3.12. The summed E-state index contributed by atoms with van der Waals surface area (Å²) in [4.78, 5) is 0. The molecule has 0 amide bonds. The van der Waals surface area contributed by atoms with Crippen LogP contribution in [0.4, 0.5) is 5.69 Å². The van der Waals surface area contributed by atoms with Gasteiger partial charge in [0, 0.05) is 11.0 Å². The lowest BCUT2D eigenvalue weighted by Gasteiger charge is -2.13. The number of rotatable bonds is 4. The molecule has 0 atom stereocenters. The van der Waals surface area contributed by atoms with E-state index >= 15 is 0 Å². The summed E-state index contributed by atoms with van der Waals surface area (Å²) in [6.45, 7) is 2.70. The molecule has 0 aliphatic heterocycles. The van der Waals surface area contributed by atoms with Crippen molar-refractivity contribution in [1.82, 2.24) is 0 Å². The van der Waals surface area contributed by atoms with E-state index in [-0.39, 0.29) is 0 Å². The number of nitrogens with one attached hydrogen (secondary N) is 1. The first-order valence-corrected chi connectivity index (χ1v) is 7.01. The van der Waals surface area contributed by atoms with Crippen molar-refractivity contribution >= 4 is 21.6 Å². The summed E-state index contributed by atoms with van der Waals surface area (Å²) in [5, 5.41) is 12.4. The molecule has 4 heteroatoms. The molecule has 3 nitrogen and oxygen atoms in total. The van der Waals surface area contributed by atoms with Gasteiger partial charge in [0.1, 0.15) is 11.8 Å². The minimum atomic E-state index is 0.582. The molecular weight excluding hydrogens is 316 g/mol. The molecule has 0 aliphatic rings. The van der Waals surface area contributed by atoms with Gasteiger partial charge in [0.25, 0.3) is 0 Å². The van der Waals surface area contributed by atoms with Crippen LogP contribution in [0.3, 0.4) is 0 Å². The van der Waals surface area contributed by atoms with Crippen molar-refractivity contribution in [3.8, 4) is 11.8 Å². The number of benzene rings is 2. The summed E-state index contributed by atoms with van der Waals surface area (Å²) in [7, 11) is 1.60. The van der Waals surface area contributed by atoms with Crippen molar-refractivity contribution in [2.24, 2.45) is 0 Å². The van der Waals surface area contributed by atoms with Crippen LogP contribution in [0.1, 0.15) is 16.7 Å². The summed E-state index contributed by atoms with van der Waals surface area (Å²) in [6.07, 6.45) is 0. The maximum atomic E-state index is 9.16. The Morgan fingerprint density at radius 3 is 2.75 bits per heavy atom. The topological polar surface area (TPSA) is 45.0 Å². The van der Waals surface area contributed by atoms with Gasteiger partial charge in [-0.25, -0.2) is 0 Å². The molecule has 0 saturated heterocycles. The van der Waals surface area contributed by atoms with Crippen molar-refractivity contribution in [3.05, 3.63) is 57.6 Å². The first-order valence-electron chi connectivity index (χ1n) is 6.21. The fourth-order valence-corrected chi connectivity index (χ4v) is 2.23. The smallest absolute Gasteiger partial charge is 0.143 e. The van der Waals surface area contributed by atoms with E-state index in [0.29, 0.717) is 17.9 Å². The summed E-state index contributed by atoms with van der Waals surface area (Å²) in [5.41, 5.74) is 3.65. The number of methoxy groups -OCH3 is 1. The normalized spacial score (nSPS) is 9.90. The van der Waals surface area contributed by atoms with Gasteiger partial charge in [-0.15, -0.1) is 0 Å². The van der Waals surface area contributed by atoms with E-state index in [9.17, 15) is 0 Å². The van der Waals surface area contributed by atoms with Crippen LogP contribution in [0.2, 0.25) is 0 Å². The molecule has 0 unspecified atom stereocenters. The number of aryl methyl sites for hydroxylation is 1. The summed E-state index contributed by atoms with van der Waals surface area (Å²) < 4.78 is 6.39. The molecule has 2 aromatic carbocycles. The van der Waals surface area contributed by atoms with Gasteiger partial charge in [0.05, 0.1) is 18.4 Å². The number of hydrogen-bond acceptors (Lipinski definition) is 3. The fraction of sp³-hybridized carbons (Fsp3) is 0.188. The maximum absolute atomic E-state index is 9.16. The summed E-state index contributed by atoms with van der Waals surface area (Å²) in [5.74, 6) is 0.679. The van der Waals surface area contributed by atoms with Gasteiger partial charge in [-0.05, 0) is 36.2 Å². The Labute approximate surface area is 127 Å². The molecule has 2 rings (SSSR count). The second-order valence-electron chi connectivity index (χ2n) is 4.43. The highest BCUT2D eigenvalue weighted by Crippen LogP contribution is 2.28. The molecule has 0 heterocycles. The van der Waals surface area contributed by atoms with E-state index in [0.717, 1.165) is 15.7 Å². The third-order valence-corrected chi connectivity index (χ3v) is 3.95. The quantitative estimate of drug-likeness (QED) is 0.911. The van der Waals surface area contributed by atoms with Gasteiger partial charge in [0.15, 0.2) is 0 Å². The number of hydrogen-bond donors (Lipinski definition) is 1. The second kappa shape index (κ2) is 6.44. The van der Waals surface area contributed by atoms with Crippen LogP contribution < -0.4 is 10.1 Å². The number of nitrogens with zero attached hydrogens (tertiary/aromatic N) is 1. The molecule has 0 spiro atoms. The van der Waals surface area contributed by atoms with Crippen LogP contribution in [0.5, 0.6) is 5.75 Å². The molecule has 1 N–H and O–H groups in total. The molecule has 0 saturated carbocycles. The van der Waals surface area contributed by atoms with E-state index in [1.165, 1.54) is 5.56 Å². The predicted molar refractivity (Wildman–Crippen MR) is 83.9 cm³/mol. The van der Waals surface area contributed by atoms with Gasteiger partial charge in [-0.1, -0.05) is 34.1 Å². The van der Waals surface area contributed by atoms with Crippen LogP contribution in [0, 0.1) is 18.3 Å². The SMILES string of the molecule is COc1cccc(C#N)c1NCc1ccc(Br)c(C)c1. The molecule has 0 aliphatic carbocycles. The van der Waals surface area contributed by atoms with Gasteiger partial charge < -0.3 is 10.1 Å². The molecule has 2 aromatic rings. The van der Waals surface area contributed by atoms with Crippen molar-refractivity contribution in [1.29, 1.82) is 5.26 Å². The van der Waals surface area contributed by atoms with Crippen LogP contribution in [-0.2, 0) is 6.54 Å². The Morgan fingerprint density at radius 2 is 2.10 bits per heavy atom. The molecule has 0 bridgehead atoms. The Bertz CT molecular complexity index is 662. The van der Waals surface area contributed by atoms with Gasteiger partial charge in [-0.2, -0.15) is 5.26 Å². The number of para-hydroxylation sites is 1. The van der Waals surface area contributed by atoms with Gasteiger partial charge in [-0.3, -0.25) is 0 Å². The molecule has 0 fully saturated rings. The zero-order valence-electron chi connectivity index (χ0n) is 11.4. The average Bonchev–Trinajstić information content (AvgIpc) is 2.48. The maximum Gasteiger partial charge on any atom is 0.143 e. The third-order valence-electron chi connectivity index (χ3n) is 3.06. The van der Waals surface area contributed by atoms with Crippen LogP contribution >= 0.6 is 15.9 Å². The molecule has 102 valence electrons. The Hall–Kier alpha value is -1.99. The van der Waals surface area contributed by atoms with E-state index in [2.05, 4.69) is 40.3 Å². The average molecular weight is 331 g/mol. The number of nitriles is 1. The standard InChI is InChI=1S/C16H15BrN2O/c1-11-8-12(6-7-14(11)17)10-19-16-13(9-18)4-3-5-15(16)20-2/h3-8,19H,10H2,1-2H3. The van der Waals surface area contributed by atoms with Gasteiger partial charge in [0.2, 0.25) is 0 Å². The monoisotopic (exact) mass is 330 g/mol. The Kier molecular flexibility index (Phi) is 4.65. The highest BCUT2D eigenvalue weighted by Gasteiger charge is 2.08. The zero-order chi connectivity index (χ0) is 14.5. The van der Waals surface area contributed by atoms with Crippen LogP contribution in [-0.4, -0.2) is 7.11 Å². The number of halogens is 1. The predicted octanol–water partition coefficient (Wildman–Crippen LogP) is 4.25. The Balaban J connectivity index is 2.22. The fourth-order valence-electron chi connectivity index (χ4n) is 1.98. The largest absolute Gasteiger partial charge is 0.495 e. The summed E-state index contributed by atoms with van der Waals surface area (Å²) >= 11 is 3.49. The Morgan fingerprint density at radius 1 is 1.30 bits per heavy atom. The molecule has 0 radical (unpaired) electrons. The second-order valence-corrected chi connectivity index (χ2v) is 5.29. The first-order chi connectivity index (χ1) is 9.65. The van der Waals surface area contributed by atoms with Crippen molar-refractivity contribution < 1.29 is 4.74 Å². The highest BCUT2D eigenvalue weighted by atomic mass is 79.9. The van der Waals surface area contributed by atoms with Crippen molar-refractivity contribution in [2.75, 3.05) is 12.4 Å². The molecular formula is C16H15BrN2O. The van der Waals surface area contributed by atoms with E-state index in [1.807, 2.05) is 24.3 Å². The molecule has 0 aromatic heterocycles. The van der Waals surface area contributed by atoms with Crippen molar-refractivity contribution in [2.45, 2.75) is 13.5 Å². The minimum Gasteiger partial charge on any atom is -0.495 e. The minimum absolute atomic E-state index is 0.582. The lowest BCUT2D eigenvalue weighted by molar-refractivity contribution is 0.416. The lowest BCUT2D eigenvalue weighted by atomic mass is 10.1. The first kappa shape index (κ1) is 14.4. The van der Waals surface area contributed by atoms with Crippen LogP contribution in [0.15, 0.2) is 40.9 Å². The number of ether oxygens (including phenoxy) is 1. The number of anilines is 1.